The van der Waals surface area contributed by atoms with Crippen LogP contribution in [0.25, 0.3) is 0 Å². The van der Waals surface area contributed by atoms with Crippen molar-refractivity contribution in [1.29, 1.82) is 0 Å². The predicted molar refractivity (Wildman–Crippen MR) is 91.0 cm³/mol. The molecule has 1 saturated heterocycles. The molecule has 1 amide bonds. The molecular weight excluding hydrogens is 331 g/mol. The number of rotatable bonds is 5. The molecule has 25 heavy (non-hydrogen) atoms. The number of hydrogen-bond acceptors (Lipinski definition) is 3. The highest BCUT2D eigenvalue weighted by molar-refractivity contribution is 5.81. The highest BCUT2D eigenvalue weighted by Gasteiger charge is 2.33. The zero-order chi connectivity index (χ0) is 18.6. The van der Waals surface area contributed by atoms with Gasteiger partial charge < -0.3 is 5.32 Å². The summed E-state index contributed by atoms with van der Waals surface area (Å²) in [6.07, 6.45) is -4.33. The second-order valence-corrected chi connectivity index (χ2v) is 6.81. The van der Waals surface area contributed by atoms with Gasteiger partial charge in [-0.15, -0.1) is 0 Å². The van der Waals surface area contributed by atoms with Crippen molar-refractivity contribution in [2.45, 2.75) is 45.6 Å². The van der Waals surface area contributed by atoms with Gasteiger partial charge in [0.1, 0.15) is 0 Å². The van der Waals surface area contributed by atoms with Crippen LogP contribution in [0, 0.1) is 0 Å². The lowest BCUT2D eigenvalue weighted by molar-refractivity contribution is -0.138. The van der Waals surface area contributed by atoms with Crippen LogP contribution in [-0.4, -0.2) is 54.0 Å². The Bertz CT molecular complexity index is 581. The Morgan fingerprint density at radius 3 is 2.28 bits per heavy atom. The monoisotopic (exact) mass is 357 g/mol. The zero-order valence-electron chi connectivity index (χ0n) is 14.9. The second kappa shape index (κ2) is 8.19. The summed E-state index contributed by atoms with van der Waals surface area (Å²) < 4.78 is 39.3. The van der Waals surface area contributed by atoms with Gasteiger partial charge in [-0.1, -0.05) is 18.2 Å². The van der Waals surface area contributed by atoms with Crippen LogP contribution in [0.1, 0.15) is 31.9 Å². The number of halogens is 3. The van der Waals surface area contributed by atoms with Gasteiger partial charge in [0.05, 0.1) is 11.6 Å². The van der Waals surface area contributed by atoms with Crippen LogP contribution in [0.15, 0.2) is 24.3 Å². The predicted octanol–water partition coefficient (Wildman–Crippen LogP) is 2.74. The number of nitrogens with one attached hydrogen (secondary N) is 1. The average Bonchev–Trinajstić information content (AvgIpc) is 2.54. The topological polar surface area (TPSA) is 35.6 Å². The van der Waals surface area contributed by atoms with E-state index in [4.69, 9.17) is 0 Å². The van der Waals surface area contributed by atoms with Crippen LogP contribution < -0.4 is 5.32 Å². The van der Waals surface area contributed by atoms with Crippen LogP contribution in [0.3, 0.4) is 0 Å². The highest BCUT2D eigenvalue weighted by Crippen LogP contribution is 2.32. The van der Waals surface area contributed by atoms with Crippen molar-refractivity contribution >= 4 is 5.91 Å². The molecule has 1 atom stereocenters. The molecule has 140 valence electrons. The third kappa shape index (κ3) is 5.44. The van der Waals surface area contributed by atoms with E-state index in [1.165, 1.54) is 12.1 Å². The van der Waals surface area contributed by atoms with Crippen molar-refractivity contribution in [3.63, 3.8) is 0 Å². The summed E-state index contributed by atoms with van der Waals surface area (Å²) in [5.41, 5.74) is -0.267. The summed E-state index contributed by atoms with van der Waals surface area (Å²) >= 11 is 0. The molecule has 1 unspecified atom stereocenters. The van der Waals surface area contributed by atoms with Crippen molar-refractivity contribution in [2.24, 2.45) is 0 Å². The van der Waals surface area contributed by atoms with Crippen LogP contribution in [0.5, 0.6) is 0 Å². The van der Waals surface area contributed by atoms with E-state index in [1.807, 2.05) is 25.7 Å². The lowest BCUT2D eigenvalue weighted by Gasteiger charge is -2.37. The largest absolute Gasteiger partial charge is 0.416 e. The Labute approximate surface area is 147 Å². The quantitative estimate of drug-likeness (QED) is 0.880. The third-order valence-electron chi connectivity index (χ3n) is 4.48. The summed E-state index contributed by atoms with van der Waals surface area (Å²) in [7, 11) is 0. The van der Waals surface area contributed by atoms with Gasteiger partial charge in [0, 0.05) is 38.8 Å². The molecule has 4 nitrogen and oxygen atoms in total. The van der Waals surface area contributed by atoms with Gasteiger partial charge >= 0.3 is 6.18 Å². The van der Waals surface area contributed by atoms with Gasteiger partial charge in [0.15, 0.2) is 0 Å². The molecule has 0 spiro atoms. The van der Waals surface area contributed by atoms with Crippen LogP contribution >= 0.6 is 0 Å². The molecule has 1 aliphatic heterocycles. The third-order valence-corrected chi connectivity index (χ3v) is 4.48. The molecule has 1 aromatic rings. The molecular formula is C18H26F3N3O. The lowest BCUT2D eigenvalue weighted by Crippen LogP contribution is -2.54. The Morgan fingerprint density at radius 1 is 1.12 bits per heavy atom. The summed E-state index contributed by atoms with van der Waals surface area (Å²) in [6.45, 7) is 8.60. The maximum absolute atomic E-state index is 13.1. The van der Waals surface area contributed by atoms with Crippen molar-refractivity contribution < 1.29 is 18.0 Å². The first-order chi connectivity index (χ1) is 11.7. The molecule has 1 fully saturated rings. The van der Waals surface area contributed by atoms with E-state index in [1.54, 1.807) is 6.07 Å². The minimum absolute atomic E-state index is 0.00846. The maximum atomic E-state index is 13.1. The Kier molecular flexibility index (Phi) is 6.46. The van der Waals surface area contributed by atoms with E-state index in [9.17, 15) is 18.0 Å². The van der Waals surface area contributed by atoms with Crippen molar-refractivity contribution in [3.8, 4) is 0 Å². The normalized spacial score (nSPS) is 18.4. The summed E-state index contributed by atoms with van der Waals surface area (Å²) in [5.74, 6) is -0.00846. The van der Waals surface area contributed by atoms with Gasteiger partial charge in [-0.25, -0.2) is 0 Å². The van der Waals surface area contributed by atoms with Gasteiger partial charge in [-0.2, -0.15) is 13.2 Å². The van der Waals surface area contributed by atoms with Crippen molar-refractivity contribution in [1.82, 2.24) is 15.1 Å². The number of nitrogens with zero attached hydrogens (tertiary/aromatic N) is 2. The second-order valence-electron chi connectivity index (χ2n) is 6.81. The Balaban J connectivity index is 1.92. The summed E-state index contributed by atoms with van der Waals surface area (Å²) in [4.78, 5) is 16.2. The average molecular weight is 357 g/mol. The number of amides is 1. The van der Waals surface area contributed by atoms with Gasteiger partial charge in [-0.05, 0) is 32.4 Å². The maximum Gasteiger partial charge on any atom is 0.416 e. The minimum Gasteiger partial charge on any atom is -0.353 e. The Hall–Kier alpha value is -1.60. The molecule has 1 aliphatic rings. The van der Waals surface area contributed by atoms with E-state index in [0.717, 1.165) is 6.07 Å². The summed E-state index contributed by atoms with van der Waals surface area (Å²) in [5, 5.41) is 2.90. The molecule has 7 heteroatoms. The van der Waals surface area contributed by atoms with Gasteiger partial charge in [0.25, 0.3) is 0 Å². The minimum atomic E-state index is -4.33. The molecule has 0 aliphatic carbocycles. The van der Waals surface area contributed by atoms with E-state index in [-0.39, 0.29) is 24.5 Å². The molecule has 0 bridgehead atoms. The molecule has 1 aromatic carbocycles. The SMILES string of the molecule is CC(C)NC(=O)C(C)N1CCN(Cc2ccccc2C(F)(F)F)CC1. The number of hydrogen-bond donors (Lipinski definition) is 1. The van der Waals surface area contributed by atoms with Crippen molar-refractivity contribution in [2.75, 3.05) is 26.2 Å². The first-order valence-electron chi connectivity index (χ1n) is 8.60. The summed E-state index contributed by atoms with van der Waals surface area (Å²) in [6, 6.07) is 5.58. The van der Waals surface area contributed by atoms with E-state index in [0.29, 0.717) is 31.7 Å². The van der Waals surface area contributed by atoms with Crippen LogP contribution in [-0.2, 0) is 17.5 Å². The first-order valence-corrected chi connectivity index (χ1v) is 8.60. The van der Waals surface area contributed by atoms with E-state index >= 15 is 0 Å². The fourth-order valence-electron chi connectivity index (χ4n) is 3.06. The molecule has 1 N–H and O–H groups in total. The lowest BCUT2D eigenvalue weighted by atomic mass is 10.1. The van der Waals surface area contributed by atoms with Crippen molar-refractivity contribution in [3.05, 3.63) is 35.4 Å². The first kappa shape index (κ1) is 19.7. The zero-order valence-corrected chi connectivity index (χ0v) is 14.9. The number of piperazine rings is 1. The van der Waals surface area contributed by atoms with Gasteiger partial charge in [-0.3, -0.25) is 14.6 Å². The van der Waals surface area contributed by atoms with E-state index < -0.39 is 11.7 Å². The number of benzene rings is 1. The fourth-order valence-corrected chi connectivity index (χ4v) is 3.06. The Morgan fingerprint density at radius 2 is 1.72 bits per heavy atom. The molecule has 0 saturated carbocycles. The number of carbonyl (C=O) groups excluding carboxylic acids is 1. The standard InChI is InChI=1S/C18H26F3N3O/c1-13(2)22-17(25)14(3)24-10-8-23(9-11-24)12-15-6-4-5-7-16(15)18(19,20)21/h4-7,13-14H,8-12H2,1-3H3,(H,22,25). The van der Waals surface area contributed by atoms with Crippen LogP contribution in [0.4, 0.5) is 13.2 Å². The molecule has 0 radical (unpaired) electrons. The molecule has 1 heterocycles. The van der Waals surface area contributed by atoms with E-state index in [2.05, 4.69) is 10.2 Å². The fraction of sp³-hybridized carbons (Fsp3) is 0.611. The number of alkyl halides is 3. The smallest absolute Gasteiger partial charge is 0.353 e. The molecule has 0 aromatic heterocycles. The van der Waals surface area contributed by atoms with Crippen LogP contribution in [0.2, 0.25) is 0 Å². The number of carbonyl (C=O) groups is 1. The highest BCUT2D eigenvalue weighted by atomic mass is 19.4. The van der Waals surface area contributed by atoms with Gasteiger partial charge in [0.2, 0.25) is 5.91 Å². The molecule has 2 rings (SSSR count).